The van der Waals surface area contributed by atoms with E-state index in [-0.39, 0.29) is 5.91 Å². The molecular formula is C19H24N2O. The average molecular weight is 296 g/mol. The van der Waals surface area contributed by atoms with Crippen LogP contribution in [-0.4, -0.2) is 19.0 Å². The van der Waals surface area contributed by atoms with E-state index in [4.69, 9.17) is 0 Å². The molecule has 2 rings (SSSR count). The molecular weight excluding hydrogens is 272 g/mol. The highest BCUT2D eigenvalue weighted by Crippen LogP contribution is 2.21. The van der Waals surface area contributed by atoms with Crippen LogP contribution in [0.15, 0.2) is 42.5 Å². The highest BCUT2D eigenvalue weighted by atomic mass is 16.1. The molecule has 0 heterocycles. The third-order valence-corrected chi connectivity index (χ3v) is 3.66. The number of amides is 1. The van der Waals surface area contributed by atoms with Crippen molar-refractivity contribution in [3.8, 4) is 0 Å². The summed E-state index contributed by atoms with van der Waals surface area (Å²) in [5, 5.41) is 6.20. The summed E-state index contributed by atoms with van der Waals surface area (Å²) in [6.07, 6.45) is 0.927. The lowest BCUT2D eigenvalue weighted by molar-refractivity contribution is -0.115. The van der Waals surface area contributed by atoms with Crippen molar-refractivity contribution in [2.45, 2.75) is 27.2 Å². The Morgan fingerprint density at radius 3 is 2.27 bits per heavy atom. The van der Waals surface area contributed by atoms with Gasteiger partial charge in [-0.15, -0.1) is 0 Å². The fourth-order valence-corrected chi connectivity index (χ4v) is 2.64. The zero-order chi connectivity index (χ0) is 15.9. The molecule has 0 saturated carbocycles. The molecule has 0 aliphatic rings. The van der Waals surface area contributed by atoms with Gasteiger partial charge in [-0.2, -0.15) is 0 Å². The monoisotopic (exact) mass is 296 g/mol. The molecule has 3 nitrogen and oxygen atoms in total. The number of nitrogens with one attached hydrogen (secondary N) is 2. The Balaban J connectivity index is 1.79. The molecule has 0 fully saturated rings. The number of carbonyl (C=O) groups is 1. The van der Waals surface area contributed by atoms with Gasteiger partial charge in [0.1, 0.15) is 0 Å². The largest absolute Gasteiger partial charge is 0.324 e. The maximum Gasteiger partial charge on any atom is 0.238 e. The third-order valence-electron chi connectivity index (χ3n) is 3.66. The van der Waals surface area contributed by atoms with Crippen molar-refractivity contribution in [1.82, 2.24) is 5.32 Å². The van der Waals surface area contributed by atoms with Gasteiger partial charge in [-0.05, 0) is 50.4 Å². The summed E-state index contributed by atoms with van der Waals surface area (Å²) in [4.78, 5) is 12.0. The lowest BCUT2D eigenvalue weighted by Crippen LogP contribution is -2.30. The zero-order valence-corrected chi connectivity index (χ0v) is 13.6. The van der Waals surface area contributed by atoms with Gasteiger partial charge in [0.25, 0.3) is 0 Å². The van der Waals surface area contributed by atoms with E-state index in [1.807, 2.05) is 32.0 Å². The van der Waals surface area contributed by atoms with Crippen LogP contribution in [0.2, 0.25) is 0 Å². The minimum Gasteiger partial charge on any atom is -0.324 e. The normalized spacial score (nSPS) is 10.5. The maximum absolute atomic E-state index is 12.0. The lowest BCUT2D eigenvalue weighted by Gasteiger charge is -2.13. The second kappa shape index (κ2) is 7.76. The molecule has 0 radical (unpaired) electrons. The number of aryl methyl sites for hydroxylation is 3. The molecule has 116 valence electrons. The van der Waals surface area contributed by atoms with E-state index in [2.05, 4.69) is 41.8 Å². The van der Waals surface area contributed by atoms with Crippen LogP contribution in [0, 0.1) is 20.8 Å². The Morgan fingerprint density at radius 1 is 1.00 bits per heavy atom. The van der Waals surface area contributed by atoms with Crippen LogP contribution in [0.5, 0.6) is 0 Å². The van der Waals surface area contributed by atoms with Crippen LogP contribution < -0.4 is 10.6 Å². The molecule has 0 aliphatic heterocycles. The van der Waals surface area contributed by atoms with Gasteiger partial charge in [-0.3, -0.25) is 4.79 Å². The van der Waals surface area contributed by atoms with Gasteiger partial charge in [0.2, 0.25) is 5.91 Å². The molecule has 0 atom stereocenters. The second-order valence-electron chi connectivity index (χ2n) is 5.73. The molecule has 0 aliphatic carbocycles. The summed E-state index contributed by atoms with van der Waals surface area (Å²) < 4.78 is 0. The predicted molar refractivity (Wildman–Crippen MR) is 92.3 cm³/mol. The number of carbonyl (C=O) groups excluding carboxylic acids is 1. The Kier molecular flexibility index (Phi) is 5.73. The van der Waals surface area contributed by atoms with E-state index >= 15 is 0 Å². The van der Waals surface area contributed by atoms with E-state index in [1.54, 1.807) is 0 Å². The molecule has 0 spiro atoms. The molecule has 2 aromatic rings. The summed E-state index contributed by atoms with van der Waals surface area (Å²) in [5.74, 6) is 0.00288. The van der Waals surface area contributed by atoms with E-state index in [1.165, 1.54) is 11.1 Å². The van der Waals surface area contributed by atoms with E-state index in [0.717, 1.165) is 29.8 Å². The third kappa shape index (κ3) is 4.71. The van der Waals surface area contributed by atoms with Gasteiger partial charge in [0.05, 0.1) is 6.54 Å². The van der Waals surface area contributed by atoms with Crippen LogP contribution in [-0.2, 0) is 11.2 Å². The van der Waals surface area contributed by atoms with Gasteiger partial charge < -0.3 is 10.6 Å². The number of benzene rings is 2. The van der Waals surface area contributed by atoms with Crippen molar-refractivity contribution in [2.75, 3.05) is 18.4 Å². The fraction of sp³-hybridized carbons (Fsp3) is 0.316. The SMILES string of the molecule is Cc1cc(C)c(NC(=O)CNCCc2ccccc2)c(C)c1. The van der Waals surface area contributed by atoms with Crippen molar-refractivity contribution < 1.29 is 4.79 Å². The standard InChI is InChI=1S/C19H24N2O/c1-14-11-15(2)19(16(3)12-14)21-18(22)13-20-10-9-17-7-5-4-6-8-17/h4-8,11-12,20H,9-10,13H2,1-3H3,(H,21,22). The van der Waals surface area contributed by atoms with Crippen molar-refractivity contribution in [1.29, 1.82) is 0 Å². The van der Waals surface area contributed by atoms with Gasteiger partial charge in [0.15, 0.2) is 0 Å². The van der Waals surface area contributed by atoms with Gasteiger partial charge in [-0.25, -0.2) is 0 Å². The molecule has 0 unspecified atom stereocenters. The first kappa shape index (κ1) is 16.2. The van der Waals surface area contributed by atoms with Crippen molar-refractivity contribution in [2.24, 2.45) is 0 Å². The van der Waals surface area contributed by atoms with Crippen LogP contribution in [0.4, 0.5) is 5.69 Å². The first-order valence-electron chi connectivity index (χ1n) is 7.68. The number of hydrogen-bond donors (Lipinski definition) is 2. The molecule has 2 aromatic carbocycles. The molecule has 0 bridgehead atoms. The van der Waals surface area contributed by atoms with E-state index in [9.17, 15) is 4.79 Å². The molecule has 3 heteroatoms. The van der Waals surface area contributed by atoms with Crippen molar-refractivity contribution in [3.63, 3.8) is 0 Å². The minimum atomic E-state index is 0.00288. The first-order chi connectivity index (χ1) is 10.6. The van der Waals surface area contributed by atoms with E-state index < -0.39 is 0 Å². The van der Waals surface area contributed by atoms with Crippen molar-refractivity contribution in [3.05, 3.63) is 64.7 Å². The average Bonchev–Trinajstić information content (AvgIpc) is 2.48. The maximum atomic E-state index is 12.0. The van der Waals surface area contributed by atoms with E-state index in [0.29, 0.717) is 6.54 Å². The molecule has 1 amide bonds. The van der Waals surface area contributed by atoms with Gasteiger partial charge in [-0.1, -0.05) is 48.0 Å². The zero-order valence-electron chi connectivity index (χ0n) is 13.6. The quantitative estimate of drug-likeness (QED) is 0.802. The smallest absolute Gasteiger partial charge is 0.238 e. The molecule has 0 aromatic heterocycles. The van der Waals surface area contributed by atoms with Crippen LogP contribution >= 0.6 is 0 Å². The molecule has 22 heavy (non-hydrogen) atoms. The number of anilines is 1. The van der Waals surface area contributed by atoms with Gasteiger partial charge >= 0.3 is 0 Å². The van der Waals surface area contributed by atoms with Crippen LogP contribution in [0.3, 0.4) is 0 Å². The van der Waals surface area contributed by atoms with Crippen LogP contribution in [0.25, 0.3) is 0 Å². The topological polar surface area (TPSA) is 41.1 Å². The Morgan fingerprint density at radius 2 is 1.64 bits per heavy atom. The van der Waals surface area contributed by atoms with Crippen molar-refractivity contribution >= 4 is 11.6 Å². The second-order valence-corrected chi connectivity index (χ2v) is 5.73. The molecule has 0 saturated heterocycles. The number of rotatable bonds is 6. The Bertz CT molecular complexity index is 612. The highest BCUT2D eigenvalue weighted by Gasteiger charge is 2.07. The fourth-order valence-electron chi connectivity index (χ4n) is 2.64. The minimum absolute atomic E-state index is 0.00288. The highest BCUT2D eigenvalue weighted by molar-refractivity contribution is 5.93. The summed E-state index contributed by atoms with van der Waals surface area (Å²) in [7, 11) is 0. The Hall–Kier alpha value is -2.13. The summed E-state index contributed by atoms with van der Waals surface area (Å²) in [6.45, 7) is 7.25. The lowest BCUT2D eigenvalue weighted by atomic mass is 10.1. The summed E-state index contributed by atoms with van der Waals surface area (Å²) >= 11 is 0. The first-order valence-corrected chi connectivity index (χ1v) is 7.68. The van der Waals surface area contributed by atoms with Crippen LogP contribution in [0.1, 0.15) is 22.3 Å². The number of hydrogen-bond acceptors (Lipinski definition) is 2. The van der Waals surface area contributed by atoms with Gasteiger partial charge in [0, 0.05) is 5.69 Å². The summed E-state index contributed by atoms with van der Waals surface area (Å²) in [5.41, 5.74) is 5.64. The molecule has 2 N–H and O–H groups in total. The Labute approximate surface area is 132 Å². The summed E-state index contributed by atoms with van der Waals surface area (Å²) in [6, 6.07) is 14.4. The predicted octanol–water partition coefficient (Wildman–Crippen LogP) is 3.38.